The molecule has 2 rings (SSSR count). The fourth-order valence-electron chi connectivity index (χ4n) is 2.54. The lowest BCUT2D eigenvalue weighted by molar-refractivity contribution is 0.0519. The predicted octanol–water partition coefficient (Wildman–Crippen LogP) is 3.01. The van der Waals surface area contributed by atoms with Crippen LogP contribution in [0.1, 0.15) is 35.6 Å². The highest BCUT2D eigenvalue weighted by molar-refractivity contribution is 7.92. The van der Waals surface area contributed by atoms with Gasteiger partial charge >= 0.3 is 5.97 Å². The fourth-order valence-corrected chi connectivity index (χ4v) is 4.04. The summed E-state index contributed by atoms with van der Waals surface area (Å²) in [6.45, 7) is 7.47. The highest BCUT2D eigenvalue weighted by atomic mass is 32.2. The first kappa shape index (κ1) is 18.9. The van der Waals surface area contributed by atoms with Crippen LogP contribution in [-0.2, 0) is 14.8 Å². The highest BCUT2D eigenvalue weighted by Gasteiger charge is 2.27. The highest BCUT2D eigenvalue weighted by Crippen LogP contribution is 2.26. The molecule has 1 heterocycles. The molecule has 0 aliphatic heterocycles. The standard InChI is InChI=1S/C17H22N2O5S/c1-5-23-14-9-7-13(8-10-14)19-25(21,22)16-11(3)15(18-12(16)4)17(20)24-6-2/h7-10,18-19H,5-6H2,1-4H3. The Labute approximate surface area is 147 Å². The zero-order chi connectivity index (χ0) is 18.6. The van der Waals surface area contributed by atoms with E-state index in [2.05, 4.69) is 9.71 Å². The van der Waals surface area contributed by atoms with Gasteiger partial charge in [-0.2, -0.15) is 0 Å². The Morgan fingerprint density at radius 3 is 2.32 bits per heavy atom. The van der Waals surface area contributed by atoms with Gasteiger partial charge in [-0.25, -0.2) is 13.2 Å². The van der Waals surface area contributed by atoms with Gasteiger partial charge in [0.25, 0.3) is 10.0 Å². The topological polar surface area (TPSA) is 97.5 Å². The van der Waals surface area contributed by atoms with Gasteiger partial charge in [-0.05, 0) is 52.0 Å². The van der Waals surface area contributed by atoms with Crippen LogP contribution in [0.5, 0.6) is 5.75 Å². The third-order valence-corrected chi connectivity index (χ3v) is 5.19. The van der Waals surface area contributed by atoms with E-state index in [1.165, 1.54) is 0 Å². The molecule has 0 atom stereocenters. The van der Waals surface area contributed by atoms with Crippen LogP contribution < -0.4 is 9.46 Å². The molecular weight excluding hydrogens is 344 g/mol. The lowest BCUT2D eigenvalue weighted by Crippen LogP contribution is -2.15. The van der Waals surface area contributed by atoms with Crippen molar-refractivity contribution in [2.24, 2.45) is 0 Å². The van der Waals surface area contributed by atoms with E-state index in [9.17, 15) is 13.2 Å². The molecule has 0 saturated heterocycles. The molecule has 136 valence electrons. The van der Waals surface area contributed by atoms with Crippen molar-refractivity contribution < 1.29 is 22.7 Å². The van der Waals surface area contributed by atoms with Crippen molar-refractivity contribution in [3.8, 4) is 5.75 Å². The molecule has 0 radical (unpaired) electrons. The fraction of sp³-hybridized carbons (Fsp3) is 0.353. The summed E-state index contributed by atoms with van der Waals surface area (Å²) in [6, 6.07) is 6.60. The van der Waals surface area contributed by atoms with E-state index in [1.54, 1.807) is 45.0 Å². The van der Waals surface area contributed by atoms with Crippen LogP contribution in [0.3, 0.4) is 0 Å². The number of nitrogens with one attached hydrogen (secondary N) is 2. The molecule has 0 aliphatic carbocycles. The second-order valence-corrected chi connectivity index (χ2v) is 6.98. The predicted molar refractivity (Wildman–Crippen MR) is 94.6 cm³/mol. The zero-order valence-corrected chi connectivity index (χ0v) is 15.5. The number of aromatic amines is 1. The quantitative estimate of drug-likeness (QED) is 0.734. The minimum atomic E-state index is -3.86. The number of carbonyl (C=O) groups excluding carboxylic acids is 1. The van der Waals surface area contributed by atoms with Gasteiger partial charge in [0.1, 0.15) is 16.3 Å². The van der Waals surface area contributed by atoms with Crippen molar-refractivity contribution in [2.75, 3.05) is 17.9 Å². The SMILES string of the molecule is CCOC(=O)c1[nH]c(C)c(S(=O)(=O)Nc2ccc(OCC)cc2)c1C. The molecule has 0 aliphatic rings. The number of rotatable bonds is 7. The number of aryl methyl sites for hydroxylation is 1. The minimum absolute atomic E-state index is 0.0458. The van der Waals surface area contributed by atoms with E-state index in [0.717, 1.165) is 0 Å². The Morgan fingerprint density at radius 2 is 1.76 bits per heavy atom. The Kier molecular flexibility index (Phi) is 5.73. The minimum Gasteiger partial charge on any atom is -0.494 e. The molecule has 8 heteroatoms. The molecular formula is C17H22N2O5S. The maximum Gasteiger partial charge on any atom is 0.355 e. The van der Waals surface area contributed by atoms with Gasteiger partial charge in [0.15, 0.2) is 0 Å². The van der Waals surface area contributed by atoms with E-state index >= 15 is 0 Å². The number of benzene rings is 1. The summed E-state index contributed by atoms with van der Waals surface area (Å²) in [4.78, 5) is 14.8. The number of hydrogen-bond donors (Lipinski definition) is 2. The summed E-state index contributed by atoms with van der Waals surface area (Å²) < 4.78 is 38.3. The number of anilines is 1. The average molecular weight is 366 g/mol. The second kappa shape index (κ2) is 7.60. The lowest BCUT2D eigenvalue weighted by Gasteiger charge is -2.10. The molecule has 1 aromatic carbocycles. The van der Waals surface area contributed by atoms with Crippen LogP contribution in [0.2, 0.25) is 0 Å². The Hall–Kier alpha value is -2.48. The number of esters is 1. The first-order valence-corrected chi connectivity index (χ1v) is 9.40. The van der Waals surface area contributed by atoms with Crippen LogP contribution in [0, 0.1) is 13.8 Å². The first-order valence-electron chi connectivity index (χ1n) is 7.92. The molecule has 0 unspecified atom stereocenters. The molecule has 7 nitrogen and oxygen atoms in total. The number of carbonyl (C=O) groups is 1. The van der Waals surface area contributed by atoms with E-state index in [0.29, 0.717) is 29.3 Å². The molecule has 0 amide bonds. The number of sulfonamides is 1. The number of hydrogen-bond acceptors (Lipinski definition) is 5. The monoisotopic (exact) mass is 366 g/mol. The van der Waals surface area contributed by atoms with Gasteiger partial charge in [-0.15, -0.1) is 0 Å². The van der Waals surface area contributed by atoms with E-state index in [4.69, 9.17) is 9.47 Å². The number of H-pyrrole nitrogens is 1. The van der Waals surface area contributed by atoms with Crippen molar-refractivity contribution in [1.82, 2.24) is 4.98 Å². The molecule has 1 aromatic heterocycles. The van der Waals surface area contributed by atoms with Gasteiger partial charge < -0.3 is 14.5 Å². The Morgan fingerprint density at radius 1 is 1.12 bits per heavy atom. The van der Waals surface area contributed by atoms with E-state index in [1.807, 2.05) is 6.92 Å². The van der Waals surface area contributed by atoms with Crippen LogP contribution >= 0.6 is 0 Å². The van der Waals surface area contributed by atoms with Gasteiger partial charge in [-0.1, -0.05) is 0 Å². The van der Waals surface area contributed by atoms with Gasteiger partial charge in [0, 0.05) is 16.9 Å². The molecule has 0 saturated carbocycles. The molecule has 0 fully saturated rings. The largest absolute Gasteiger partial charge is 0.494 e. The third-order valence-electron chi connectivity index (χ3n) is 3.53. The van der Waals surface area contributed by atoms with Gasteiger partial charge in [-0.3, -0.25) is 4.72 Å². The van der Waals surface area contributed by atoms with Crippen molar-refractivity contribution >= 4 is 21.7 Å². The molecule has 0 bridgehead atoms. The van der Waals surface area contributed by atoms with Crippen LogP contribution in [0.25, 0.3) is 0 Å². The third kappa shape index (κ3) is 4.14. The summed E-state index contributed by atoms with van der Waals surface area (Å²) in [5, 5.41) is 0. The molecule has 0 spiro atoms. The number of aromatic nitrogens is 1. The molecule has 25 heavy (non-hydrogen) atoms. The summed E-state index contributed by atoms with van der Waals surface area (Å²) in [5.74, 6) is 0.0784. The smallest absolute Gasteiger partial charge is 0.355 e. The maximum absolute atomic E-state index is 12.7. The van der Waals surface area contributed by atoms with Crippen LogP contribution in [0.15, 0.2) is 29.2 Å². The summed E-state index contributed by atoms with van der Waals surface area (Å²) in [5.41, 5.74) is 1.25. The average Bonchev–Trinajstić information content (AvgIpc) is 2.85. The summed E-state index contributed by atoms with van der Waals surface area (Å²) in [7, 11) is -3.86. The summed E-state index contributed by atoms with van der Waals surface area (Å²) in [6.07, 6.45) is 0. The van der Waals surface area contributed by atoms with Crippen LogP contribution in [-0.4, -0.2) is 32.6 Å². The van der Waals surface area contributed by atoms with Gasteiger partial charge in [0.2, 0.25) is 0 Å². The van der Waals surface area contributed by atoms with Crippen molar-refractivity contribution in [3.63, 3.8) is 0 Å². The normalized spacial score (nSPS) is 11.2. The molecule has 2 N–H and O–H groups in total. The van der Waals surface area contributed by atoms with E-state index < -0.39 is 16.0 Å². The second-order valence-electron chi connectivity index (χ2n) is 5.36. The van der Waals surface area contributed by atoms with Crippen molar-refractivity contribution in [3.05, 3.63) is 41.2 Å². The van der Waals surface area contributed by atoms with Gasteiger partial charge in [0.05, 0.1) is 13.2 Å². The molecule has 2 aromatic rings. The van der Waals surface area contributed by atoms with Crippen molar-refractivity contribution in [1.29, 1.82) is 0 Å². The maximum atomic E-state index is 12.7. The Balaban J connectivity index is 2.32. The Bertz CT molecular complexity index is 854. The van der Waals surface area contributed by atoms with E-state index in [-0.39, 0.29) is 17.2 Å². The number of ether oxygens (including phenoxy) is 2. The first-order chi connectivity index (χ1) is 11.8. The van der Waals surface area contributed by atoms with Crippen LogP contribution in [0.4, 0.5) is 5.69 Å². The summed E-state index contributed by atoms with van der Waals surface area (Å²) >= 11 is 0. The zero-order valence-electron chi connectivity index (χ0n) is 14.7. The lowest BCUT2D eigenvalue weighted by atomic mass is 10.2. The van der Waals surface area contributed by atoms with Crippen molar-refractivity contribution in [2.45, 2.75) is 32.6 Å².